The second-order valence-electron chi connectivity index (χ2n) is 5.16. The molecule has 0 saturated carbocycles. The van der Waals surface area contributed by atoms with Crippen LogP contribution in [0.5, 0.6) is 0 Å². The largest absolute Gasteiger partial charge is 0.235 e. The molecule has 0 N–H and O–H groups in total. The molecule has 3 aromatic rings. The molecule has 0 aliphatic heterocycles. The molecule has 0 fully saturated rings. The second-order valence-corrected chi connectivity index (χ2v) is 6.02. The van der Waals surface area contributed by atoms with E-state index in [1.165, 1.54) is 29.5 Å². The average Bonchev–Trinajstić information content (AvgIpc) is 3.03. The van der Waals surface area contributed by atoms with Crippen molar-refractivity contribution in [2.75, 3.05) is 0 Å². The molecular weight excluding hydrogens is 326 g/mol. The summed E-state index contributed by atoms with van der Waals surface area (Å²) in [6.07, 6.45) is 1.73. The summed E-state index contributed by atoms with van der Waals surface area (Å²) in [6, 6.07) is 13.4. The normalized spacial score (nSPS) is 11.3. The minimum Gasteiger partial charge on any atom is -0.235 e. The van der Waals surface area contributed by atoms with E-state index in [4.69, 9.17) is 0 Å². The van der Waals surface area contributed by atoms with E-state index in [9.17, 15) is 14.0 Å². The third kappa shape index (κ3) is 3.10. The number of nitriles is 1. The predicted octanol–water partition coefficient (Wildman–Crippen LogP) is 5.46. The molecule has 0 atom stereocenters. The summed E-state index contributed by atoms with van der Waals surface area (Å²) in [5, 5.41) is 11.4. The number of hydrogen-bond acceptors (Lipinski definition) is 3. The zero-order chi connectivity index (χ0) is 17.1. The lowest BCUT2D eigenvalue weighted by Gasteiger charge is -2.01. The van der Waals surface area contributed by atoms with Crippen molar-refractivity contribution in [3.05, 3.63) is 75.6 Å². The van der Waals surface area contributed by atoms with E-state index in [1.807, 2.05) is 31.2 Å². The van der Waals surface area contributed by atoms with Crippen LogP contribution < -0.4 is 0 Å². The lowest BCUT2D eigenvalue weighted by molar-refractivity contribution is 0.589. The summed E-state index contributed by atoms with van der Waals surface area (Å²) in [7, 11) is 0. The molecule has 0 amide bonds. The van der Waals surface area contributed by atoms with Gasteiger partial charge in [0, 0.05) is 5.38 Å². The molecule has 0 aliphatic carbocycles. The van der Waals surface area contributed by atoms with Crippen molar-refractivity contribution in [1.82, 2.24) is 4.98 Å². The SMILES string of the molecule is Cc1ccccc1/C=C(\C#N)c1nc(-c2c(F)cccc2F)cs1. The number of aromatic nitrogens is 1. The van der Waals surface area contributed by atoms with E-state index in [2.05, 4.69) is 11.1 Å². The van der Waals surface area contributed by atoms with E-state index in [1.54, 1.807) is 11.5 Å². The minimum absolute atomic E-state index is 0.173. The van der Waals surface area contributed by atoms with Crippen molar-refractivity contribution in [2.45, 2.75) is 6.92 Å². The molecule has 5 heteroatoms. The molecular formula is C19H12F2N2S. The van der Waals surface area contributed by atoms with Crippen molar-refractivity contribution >= 4 is 23.0 Å². The summed E-state index contributed by atoms with van der Waals surface area (Å²) in [4.78, 5) is 4.25. The highest BCUT2D eigenvalue weighted by Crippen LogP contribution is 2.30. The Morgan fingerprint density at radius 2 is 1.83 bits per heavy atom. The van der Waals surface area contributed by atoms with Crippen molar-refractivity contribution < 1.29 is 8.78 Å². The van der Waals surface area contributed by atoms with Crippen LogP contribution in [0, 0.1) is 29.9 Å². The van der Waals surface area contributed by atoms with Gasteiger partial charge in [-0.25, -0.2) is 13.8 Å². The van der Waals surface area contributed by atoms with Crippen LogP contribution in [0.15, 0.2) is 47.8 Å². The molecule has 0 radical (unpaired) electrons. The smallest absolute Gasteiger partial charge is 0.135 e. The van der Waals surface area contributed by atoms with Crippen molar-refractivity contribution in [2.24, 2.45) is 0 Å². The standard InChI is InChI=1S/C19H12F2N2S/c1-12-5-2-3-6-13(12)9-14(10-22)19-23-17(11-24-19)18-15(20)7-4-8-16(18)21/h2-9,11H,1H3/b14-9+. The van der Waals surface area contributed by atoms with Crippen molar-refractivity contribution in [1.29, 1.82) is 5.26 Å². The van der Waals surface area contributed by atoms with Gasteiger partial charge in [-0.2, -0.15) is 5.26 Å². The first kappa shape index (κ1) is 16.0. The van der Waals surface area contributed by atoms with E-state index in [-0.39, 0.29) is 11.3 Å². The van der Waals surface area contributed by atoms with Gasteiger partial charge in [0.15, 0.2) is 0 Å². The van der Waals surface area contributed by atoms with Gasteiger partial charge in [0.25, 0.3) is 0 Å². The zero-order valence-electron chi connectivity index (χ0n) is 12.8. The Labute approximate surface area is 142 Å². The highest BCUT2D eigenvalue weighted by atomic mass is 32.1. The van der Waals surface area contributed by atoms with Gasteiger partial charge < -0.3 is 0 Å². The van der Waals surface area contributed by atoms with Gasteiger partial charge in [-0.15, -0.1) is 11.3 Å². The summed E-state index contributed by atoms with van der Waals surface area (Å²) in [6.45, 7) is 1.95. The summed E-state index contributed by atoms with van der Waals surface area (Å²) in [5.41, 5.74) is 2.31. The third-order valence-electron chi connectivity index (χ3n) is 3.56. The maximum atomic E-state index is 13.9. The van der Waals surface area contributed by atoms with E-state index in [0.29, 0.717) is 10.6 Å². The quantitative estimate of drug-likeness (QED) is 0.595. The number of benzene rings is 2. The lowest BCUT2D eigenvalue weighted by atomic mass is 10.1. The number of nitrogens with zero attached hydrogens (tertiary/aromatic N) is 2. The van der Waals surface area contributed by atoms with Gasteiger partial charge in [0.2, 0.25) is 0 Å². The predicted molar refractivity (Wildman–Crippen MR) is 92.1 cm³/mol. The molecule has 0 unspecified atom stereocenters. The zero-order valence-corrected chi connectivity index (χ0v) is 13.6. The minimum atomic E-state index is -0.673. The monoisotopic (exact) mass is 338 g/mol. The van der Waals surface area contributed by atoms with Crippen LogP contribution in [-0.2, 0) is 0 Å². The fourth-order valence-electron chi connectivity index (χ4n) is 2.30. The van der Waals surface area contributed by atoms with Crippen LogP contribution >= 0.6 is 11.3 Å². The molecule has 0 bridgehead atoms. The molecule has 0 saturated heterocycles. The number of aryl methyl sites for hydroxylation is 1. The van der Waals surface area contributed by atoms with Gasteiger partial charge in [-0.05, 0) is 36.3 Å². The van der Waals surface area contributed by atoms with Crippen molar-refractivity contribution in [3.8, 4) is 17.3 Å². The highest BCUT2D eigenvalue weighted by Gasteiger charge is 2.16. The van der Waals surface area contributed by atoms with Crippen LogP contribution in [0.25, 0.3) is 22.9 Å². The van der Waals surface area contributed by atoms with E-state index < -0.39 is 11.6 Å². The Hall–Kier alpha value is -2.84. The molecule has 1 heterocycles. The van der Waals surface area contributed by atoms with Crippen LogP contribution in [-0.4, -0.2) is 4.98 Å². The molecule has 3 rings (SSSR count). The Kier molecular flexibility index (Phi) is 4.50. The molecule has 1 aromatic heterocycles. The van der Waals surface area contributed by atoms with Crippen LogP contribution in [0.1, 0.15) is 16.1 Å². The van der Waals surface area contributed by atoms with E-state index in [0.717, 1.165) is 11.1 Å². The first-order valence-corrected chi connectivity index (χ1v) is 8.06. The first-order valence-electron chi connectivity index (χ1n) is 7.18. The molecule has 0 spiro atoms. The number of halogens is 2. The summed E-state index contributed by atoms with van der Waals surface area (Å²) < 4.78 is 27.7. The van der Waals surface area contributed by atoms with Gasteiger partial charge in [-0.1, -0.05) is 30.3 Å². The molecule has 2 aromatic carbocycles. The number of allylic oxidation sites excluding steroid dienone is 1. The van der Waals surface area contributed by atoms with Crippen LogP contribution in [0.2, 0.25) is 0 Å². The number of thiazole rings is 1. The number of hydrogen-bond donors (Lipinski definition) is 0. The maximum absolute atomic E-state index is 13.9. The average molecular weight is 338 g/mol. The Morgan fingerprint density at radius 3 is 2.50 bits per heavy atom. The van der Waals surface area contributed by atoms with Gasteiger partial charge >= 0.3 is 0 Å². The molecule has 0 aliphatic rings. The number of rotatable bonds is 3. The molecule has 24 heavy (non-hydrogen) atoms. The first-order chi connectivity index (χ1) is 11.6. The van der Waals surface area contributed by atoms with Gasteiger partial charge in [-0.3, -0.25) is 0 Å². The van der Waals surface area contributed by atoms with E-state index >= 15 is 0 Å². The van der Waals surface area contributed by atoms with Gasteiger partial charge in [0.05, 0.1) is 16.8 Å². The van der Waals surface area contributed by atoms with Gasteiger partial charge in [0.1, 0.15) is 22.7 Å². The lowest BCUT2D eigenvalue weighted by Crippen LogP contribution is -1.90. The third-order valence-corrected chi connectivity index (χ3v) is 4.44. The Balaban J connectivity index is 2.04. The van der Waals surface area contributed by atoms with Crippen molar-refractivity contribution in [3.63, 3.8) is 0 Å². The van der Waals surface area contributed by atoms with Crippen LogP contribution in [0.4, 0.5) is 8.78 Å². The second kappa shape index (κ2) is 6.73. The summed E-state index contributed by atoms with van der Waals surface area (Å²) in [5.74, 6) is -1.35. The topological polar surface area (TPSA) is 36.7 Å². The molecule has 118 valence electrons. The molecule has 2 nitrogen and oxygen atoms in total. The van der Waals surface area contributed by atoms with Crippen LogP contribution in [0.3, 0.4) is 0 Å². The maximum Gasteiger partial charge on any atom is 0.135 e. The summed E-state index contributed by atoms with van der Waals surface area (Å²) >= 11 is 1.18. The Bertz CT molecular complexity index is 947. The Morgan fingerprint density at radius 1 is 1.12 bits per heavy atom. The fraction of sp³-hybridized carbons (Fsp3) is 0.0526. The fourth-order valence-corrected chi connectivity index (χ4v) is 3.08. The highest BCUT2D eigenvalue weighted by molar-refractivity contribution is 7.11.